The molecule has 0 spiro atoms. The predicted molar refractivity (Wildman–Crippen MR) is 83.1 cm³/mol. The first-order valence-electron chi connectivity index (χ1n) is 6.56. The van der Waals surface area contributed by atoms with Crippen LogP contribution in [-0.2, 0) is 11.3 Å². The minimum absolute atomic E-state index is 0.0342. The molecular weight excluding hydrogens is 302 g/mol. The van der Waals surface area contributed by atoms with Crippen molar-refractivity contribution in [2.24, 2.45) is 0 Å². The lowest BCUT2D eigenvalue weighted by Crippen LogP contribution is -2.18. The average Bonchev–Trinajstić information content (AvgIpc) is 2.55. The van der Waals surface area contributed by atoms with Crippen LogP contribution in [0, 0.1) is 0 Å². The van der Waals surface area contributed by atoms with E-state index in [2.05, 4.69) is 9.72 Å². The largest absolute Gasteiger partial charge is 0.482 e. The smallest absolute Gasteiger partial charge is 0.356 e. The Morgan fingerprint density at radius 1 is 1.26 bits per heavy atom. The first-order valence-corrected chi connectivity index (χ1v) is 6.56. The molecular formula is C16H17NO6. The maximum atomic E-state index is 11.9. The summed E-state index contributed by atoms with van der Waals surface area (Å²) in [7, 11) is 3.25. The molecule has 0 bridgehead atoms. The number of aromatic nitrogens is 1. The number of aromatic carboxylic acids is 1. The van der Waals surface area contributed by atoms with E-state index in [0.717, 1.165) is 11.8 Å². The molecule has 23 heavy (non-hydrogen) atoms. The number of benzene rings is 1. The van der Waals surface area contributed by atoms with Crippen molar-refractivity contribution >= 4 is 12.3 Å². The van der Waals surface area contributed by atoms with Gasteiger partial charge in [0.1, 0.15) is 6.61 Å². The van der Waals surface area contributed by atoms with E-state index in [1.165, 1.54) is 0 Å². The van der Waals surface area contributed by atoms with Gasteiger partial charge in [0, 0.05) is 20.4 Å². The number of carboxylic acids is 1. The van der Waals surface area contributed by atoms with Gasteiger partial charge in [0.15, 0.2) is 17.7 Å². The van der Waals surface area contributed by atoms with Gasteiger partial charge < -0.3 is 19.6 Å². The maximum absolute atomic E-state index is 11.9. The predicted octanol–water partition coefficient (Wildman–Crippen LogP) is 1.73. The second-order valence-electron chi connectivity index (χ2n) is 4.38. The van der Waals surface area contributed by atoms with Crippen molar-refractivity contribution in [3.05, 3.63) is 63.6 Å². The van der Waals surface area contributed by atoms with Gasteiger partial charge in [-0.15, -0.1) is 0 Å². The fourth-order valence-electron chi connectivity index (χ4n) is 1.64. The second kappa shape index (κ2) is 9.16. The van der Waals surface area contributed by atoms with Crippen molar-refractivity contribution in [2.75, 3.05) is 14.2 Å². The fourth-order valence-corrected chi connectivity index (χ4v) is 1.64. The summed E-state index contributed by atoms with van der Waals surface area (Å²) in [5.74, 6) is -1.70. The molecule has 0 saturated carbocycles. The Kier molecular flexibility index (Phi) is 7.22. The van der Waals surface area contributed by atoms with Crippen LogP contribution in [0.4, 0.5) is 0 Å². The number of nitrogens with one attached hydrogen (secondary N) is 1. The first kappa shape index (κ1) is 18.1. The lowest BCUT2D eigenvalue weighted by atomic mass is 10.2. The van der Waals surface area contributed by atoms with E-state index in [1.807, 2.05) is 6.07 Å². The van der Waals surface area contributed by atoms with E-state index in [4.69, 9.17) is 9.84 Å². The Balaban J connectivity index is 0.000000816. The molecule has 1 aromatic heterocycles. The van der Waals surface area contributed by atoms with Crippen LogP contribution in [0.15, 0.2) is 41.3 Å². The van der Waals surface area contributed by atoms with Crippen molar-refractivity contribution in [3.63, 3.8) is 0 Å². The third kappa shape index (κ3) is 5.08. The molecule has 0 fully saturated rings. The number of H-pyrrole nitrogens is 1. The first-order chi connectivity index (χ1) is 11.0. The van der Waals surface area contributed by atoms with E-state index in [1.54, 1.807) is 38.5 Å². The number of rotatable bonds is 5. The second-order valence-corrected chi connectivity index (χ2v) is 4.38. The highest BCUT2D eigenvalue weighted by atomic mass is 16.5. The van der Waals surface area contributed by atoms with Crippen molar-refractivity contribution < 1.29 is 24.2 Å². The van der Waals surface area contributed by atoms with Gasteiger partial charge in [0.2, 0.25) is 5.43 Å². The normalized spacial score (nSPS) is 9.48. The van der Waals surface area contributed by atoms with Crippen molar-refractivity contribution in [1.29, 1.82) is 0 Å². The summed E-state index contributed by atoms with van der Waals surface area (Å²) in [4.78, 5) is 36.0. The van der Waals surface area contributed by atoms with Gasteiger partial charge >= 0.3 is 5.97 Å². The number of carboxylic acid groups (broad SMARTS) is 1. The number of pyridine rings is 1. The third-order valence-corrected chi connectivity index (χ3v) is 2.63. The number of hydrogen-bond donors (Lipinski definition) is 2. The van der Waals surface area contributed by atoms with Crippen molar-refractivity contribution in [1.82, 2.24) is 4.98 Å². The van der Waals surface area contributed by atoms with E-state index in [-0.39, 0.29) is 23.6 Å². The van der Waals surface area contributed by atoms with Crippen molar-refractivity contribution in [3.8, 4) is 5.75 Å². The lowest BCUT2D eigenvalue weighted by molar-refractivity contribution is 0.0684. The highest BCUT2D eigenvalue weighted by Gasteiger charge is 2.18. The molecule has 2 N–H and O–H groups in total. The van der Waals surface area contributed by atoms with Crippen LogP contribution in [0.3, 0.4) is 0 Å². The average molecular weight is 319 g/mol. The van der Waals surface area contributed by atoms with Crippen LogP contribution >= 0.6 is 0 Å². The molecule has 7 heteroatoms. The molecule has 0 unspecified atom stereocenters. The number of methoxy groups -OCH3 is 1. The van der Waals surface area contributed by atoms with Crippen molar-refractivity contribution in [2.45, 2.75) is 6.61 Å². The van der Waals surface area contributed by atoms with Gasteiger partial charge in [0.05, 0.1) is 5.56 Å². The molecule has 7 nitrogen and oxygen atoms in total. The van der Waals surface area contributed by atoms with Gasteiger partial charge in [-0.3, -0.25) is 9.59 Å². The Labute approximate surface area is 132 Å². The number of hydrogen-bond acceptors (Lipinski definition) is 5. The Morgan fingerprint density at radius 3 is 2.39 bits per heavy atom. The highest BCUT2D eigenvalue weighted by Crippen LogP contribution is 2.13. The van der Waals surface area contributed by atoms with Gasteiger partial charge in [-0.25, -0.2) is 4.79 Å². The minimum Gasteiger partial charge on any atom is -0.482 e. The van der Waals surface area contributed by atoms with Gasteiger partial charge in [-0.1, -0.05) is 30.3 Å². The zero-order chi connectivity index (χ0) is 17.2. The zero-order valence-electron chi connectivity index (χ0n) is 12.7. The number of carbonyl (C=O) groups excluding carboxylic acids is 1. The molecule has 0 saturated heterocycles. The molecule has 122 valence electrons. The van der Waals surface area contributed by atoms with Crippen LogP contribution in [0.1, 0.15) is 26.4 Å². The van der Waals surface area contributed by atoms with Crippen LogP contribution in [0.25, 0.3) is 0 Å². The number of aldehydes is 1. The van der Waals surface area contributed by atoms with E-state index >= 15 is 0 Å². The molecule has 2 rings (SSSR count). The van der Waals surface area contributed by atoms with E-state index in [0.29, 0.717) is 6.29 Å². The molecule has 1 aromatic carbocycles. The minimum atomic E-state index is -1.33. The van der Waals surface area contributed by atoms with Gasteiger partial charge in [0.25, 0.3) is 0 Å². The Hall–Kier alpha value is -2.93. The molecule has 0 aliphatic carbocycles. The molecule has 0 aliphatic heterocycles. The number of ether oxygens (including phenoxy) is 2. The SMILES string of the molecule is COC.O=Cc1c[nH]c(C(=O)O)c(OCc2ccccc2)c1=O. The third-order valence-electron chi connectivity index (χ3n) is 2.63. The van der Waals surface area contributed by atoms with Gasteiger partial charge in [-0.2, -0.15) is 0 Å². The highest BCUT2D eigenvalue weighted by molar-refractivity contribution is 5.89. The van der Waals surface area contributed by atoms with Crippen LogP contribution in [0.5, 0.6) is 5.75 Å². The summed E-state index contributed by atoms with van der Waals surface area (Å²) in [5.41, 5.74) is -0.526. The monoisotopic (exact) mass is 319 g/mol. The fraction of sp³-hybridized carbons (Fsp3) is 0.188. The quantitative estimate of drug-likeness (QED) is 0.813. The molecule has 1 heterocycles. The van der Waals surface area contributed by atoms with Crippen LogP contribution in [0.2, 0.25) is 0 Å². The molecule has 2 aromatic rings. The standard InChI is InChI=1S/C14H11NO5.C2H6O/c16-7-10-6-15-11(14(18)19)13(12(10)17)20-8-9-4-2-1-3-5-9;1-3-2/h1-7H,8H2,(H,15,17)(H,18,19);1-2H3. The zero-order valence-corrected chi connectivity index (χ0v) is 12.7. The maximum Gasteiger partial charge on any atom is 0.356 e. The summed E-state index contributed by atoms with van der Waals surface area (Å²) < 4.78 is 9.52. The summed E-state index contributed by atoms with van der Waals surface area (Å²) >= 11 is 0. The molecule has 0 amide bonds. The number of carbonyl (C=O) groups is 2. The summed E-state index contributed by atoms with van der Waals surface area (Å²) in [6.07, 6.45) is 1.40. The Morgan fingerprint density at radius 2 is 1.87 bits per heavy atom. The van der Waals surface area contributed by atoms with E-state index < -0.39 is 11.4 Å². The van der Waals surface area contributed by atoms with Crippen LogP contribution in [-0.4, -0.2) is 36.6 Å². The number of aromatic amines is 1. The topological polar surface area (TPSA) is 106 Å². The summed E-state index contributed by atoms with van der Waals surface area (Å²) in [5, 5.41) is 9.01. The molecule has 0 aliphatic rings. The molecule has 0 atom stereocenters. The summed E-state index contributed by atoms with van der Waals surface area (Å²) in [6, 6.07) is 8.97. The van der Waals surface area contributed by atoms with Gasteiger partial charge in [-0.05, 0) is 5.56 Å². The lowest BCUT2D eigenvalue weighted by Gasteiger charge is -2.08. The van der Waals surface area contributed by atoms with Crippen LogP contribution < -0.4 is 10.2 Å². The summed E-state index contributed by atoms with van der Waals surface area (Å²) in [6.45, 7) is 0.0342. The van der Waals surface area contributed by atoms with E-state index in [9.17, 15) is 14.4 Å². The Bertz CT molecular complexity index is 708. The molecule has 0 radical (unpaired) electrons.